The van der Waals surface area contributed by atoms with Crippen molar-refractivity contribution in [2.75, 3.05) is 20.8 Å². The molecule has 1 N–H and O–H groups in total. The lowest BCUT2D eigenvalue weighted by atomic mass is 9.96. The maximum atomic E-state index is 5.50. The van der Waals surface area contributed by atoms with Crippen molar-refractivity contribution >= 4 is 0 Å². The van der Waals surface area contributed by atoms with Gasteiger partial charge in [-0.15, -0.1) is 0 Å². The van der Waals surface area contributed by atoms with Gasteiger partial charge < -0.3 is 14.8 Å². The van der Waals surface area contributed by atoms with Crippen LogP contribution in [-0.2, 0) is 0 Å². The van der Waals surface area contributed by atoms with E-state index in [2.05, 4.69) is 18.3 Å². The van der Waals surface area contributed by atoms with Gasteiger partial charge in [-0.25, -0.2) is 0 Å². The molecular formula is C15H23NO2. The monoisotopic (exact) mass is 249 g/mol. The van der Waals surface area contributed by atoms with Crippen LogP contribution in [0, 0.1) is 0 Å². The largest absolute Gasteiger partial charge is 0.497 e. The Labute approximate surface area is 109 Å². The first-order valence-corrected chi connectivity index (χ1v) is 6.73. The molecule has 2 rings (SSSR count). The smallest absolute Gasteiger partial charge is 0.126 e. The third-order valence-electron chi connectivity index (χ3n) is 3.81. The van der Waals surface area contributed by atoms with Crippen LogP contribution in [0.25, 0.3) is 0 Å². The molecule has 0 amide bonds. The van der Waals surface area contributed by atoms with Crippen molar-refractivity contribution in [2.24, 2.45) is 0 Å². The number of rotatable bonds is 5. The highest BCUT2D eigenvalue weighted by molar-refractivity contribution is 5.43. The van der Waals surface area contributed by atoms with Gasteiger partial charge in [0.2, 0.25) is 0 Å². The van der Waals surface area contributed by atoms with Gasteiger partial charge in [0, 0.05) is 12.1 Å². The van der Waals surface area contributed by atoms with E-state index in [4.69, 9.17) is 9.47 Å². The van der Waals surface area contributed by atoms with E-state index in [1.54, 1.807) is 14.2 Å². The van der Waals surface area contributed by atoms with E-state index in [1.165, 1.54) is 24.8 Å². The molecule has 1 aromatic carbocycles. The first-order valence-electron chi connectivity index (χ1n) is 6.73. The summed E-state index contributed by atoms with van der Waals surface area (Å²) in [6.07, 6.45) is 3.70. The lowest BCUT2D eigenvalue weighted by Crippen LogP contribution is -2.25. The number of methoxy groups -OCH3 is 2. The molecule has 18 heavy (non-hydrogen) atoms. The summed E-state index contributed by atoms with van der Waals surface area (Å²) in [5.41, 5.74) is 1.32. The standard InChI is InChI=1S/C15H23NO2/c1-4-16-12-6-5-11(9-12)14-8-7-13(17-2)10-15(14)18-3/h7-8,10-12,16H,4-6,9H2,1-3H3. The van der Waals surface area contributed by atoms with Gasteiger partial charge in [0.25, 0.3) is 0 Å². The summed E-state index contributed by atoms with van der Waals surface area (Å²) >= 11 is 0. The van der Waals surface area contributed by atoms with Crippen molar-refractivity contribution < 1.29 is 9.47 Å². The Bertz CT molecular complexity index is 392. The van der Waals surface area contributed by atoms with Crippen molar-refractivity contribution in [3.05, 3.63) is 23.8 Å². The average Bonchev–Trinajstić information content (AvgIpc) is 2.87. The van der Waals surface area contributed by atoms with Crippen molar-refractivity contribution in [3.8, 4) is 11.5 Å². The Morgan fingerprint density at radius 3 is 2.72 bits per heavy atom. The molecule has 0 heterocycles. The fourth-order valence-corrected chi connectivity index (χ4v) is 2.89. The second kappa shape index (κ2) is 6.10. The summed E-state index contributed by atoms with van der Waals surface area (Å²) in [5, 5.41) is 3.54. The molecule has 3 nitrogen and oxygen atoms in total. The molecule has 2 unspecified atom stereocenters. The fourth-order valence-electron chi connectivity index (χ4n) is 2.89. The van der Waals surface area contributed by atoms with Crippen LogP contribution in [0.3, 0.4) is 0 Å². The van der Waals surface area contributed by atoms with Gasteiger partial charge in [-0.05, 0) is 43.4 Å². The molecule has 1 aromatic rings. The number of nitrogens with one attached hydrogen (secondary N) is 1. The highest BCUT2D eigenvalue weighted by atomic mass is 16.5. The van der Waals surface area contributed by atoms with E-state index in [1.807, 2.05) is 12.1 Å². The quantitative estimate of drug-likeness (QED) is 0.870. The highest BCUT2D eigenvalue weighted by Gasteiger charge is 2.27. The number of hydrogen-bond acceptors (Lipinski definition) is 3. The Hall–Kier alpha value is -1.22. The van der Waals surface area contributed by atoms with Gasteiger partial charge in [0.1, 0.15) is 11.5 Å². The molecule has 1 saturated carbocycles. The summed E-state index contributed by atoms with van der Waals surface area (Å²) in [7, 11) is 3.42. The van der Waals surface area contributed by atoms with E-state index in [0.29, 0.717) is 12.0 Å². The van der Waals surface area contributed by atoms with Gasteiger partial charge in [-0.1, -0.05) is 13.0 Å². The first kappa shape index (κ1) is 13.2. The minimum atomic E-state index is 0.606. The second-order valence-corrected chi connectivity index (χ2v) is 4.87. The molecule has 0 aliphatic heterocycles. The second-order valence-electron chi connectivity index (χ2n) is 4.87. The van der Waals surface area contributed by atoms with Gasteiger partial charge in [-0.2, -0.15) is 0 Å². The summed E-state index contributed by atoms with van der Waals surface area (Å²) < 4.78 is 10.7. The molecule has 0 aromatic heterocycles. The van der Waals surface area contributed by atoms with Crippen LogP contribution in [0.15, 0.2) is 18.2 Å². The maximum Gasteiger partial charge on any atom is 0.126 e. The van der Waals surface area contributed by atoms with Gasteiger partial charge in [-0.3, -0.25) is 0 Å². The van der Waals surface area contributed by atoms with Crippen LogP contribution in [0.2, 0.25) is 0 Å². The molecule has 0 radical (unpaired) electrons. The van der Waals surface area contributed by atoms with Gasteiger partial charge in [0.05, 0.1) is 14.2 Å². The SMILES string of the molecule is CCNC1CCC(c2ccc(OC)cc2OC)C1. The Kier molecular flexibility index (Phi) is 4.48. The predicted molar refractivity (Wildman–Crippen MR) is 73.6 cm³/mol. The average molecular weight is 249 g/mol. The lowest BCUT2D eigenvalue weighted by Gasteiger charge is -2.16. The zero-order chi connectivity index (χ0) is 13.0. The summed E-state index contributed by atoms with van der Waals surface area (Å²) in [4.78, 5) is 0. The van der Waals surface area contributed by atoms with E-state index in [0.717, 1.165) is 18.0 Å². The molecule has 1 aliphatic rings. The molecule has 100 valence electrons. The normalized spacial score (nSPS) is 23.1. The van der Waals surface area contributed by atoms with E-state index in [9.17, 15) is 0 Å². The first-order chi connectivity index (χ1) is 8.78. The molecule has 0 saturated heterocycles. The Balaban J connectivity index is 2.13. The zero-order valence-electron chi connectivity index (χ0n) is 11.5. The molecule has 2 atom stereocenters. The van der Waals surface area contributed by atoms with Crippen molar-refractivity contribution in [1.29, 1.82) is 0 Å². The van der Waals surface area contributed by atoms with Crippen LogP contribution in [0.1, 0.15) is 37.7 Å². The predicted octanol–water partition coefficient (Wildman–Crippen LogP) is 2.95. The fraction of sp³-hybridized carbons (Fsp3) is 0.600. The summed E-state index contributed by atoms with van der Waals surface area (Å²) in [6, 6.07) is 6.82. The topological polar surface area (TPSA) is 30.5 Å². The van der Waals surface area contributed by atoms with Crippen LogP contribution >= 0.6 is 0 Å². The number of hydrogen-bond donors (Lipinski definition) is 1. The summed E-state index contributed by atoms with van der Waals surface area (Å²) in [5.74, 6) is 2.42. The van der Waals surface area contributed by atoms with Crippen molar-refractivity contribution in [1.82, 2.24) is 5.32 Å². The third kappa shape index (κ3) is 2.78. The highest BCUT2D eigenvalue weighted by Crippen LogP contribution is 2.40. The van der Waals surface area contributed by atoms with Crippen LogP contribution in [0.4, 0.5) is 0 Å². The molecule has 0 bridgehead atoms. The Morgan fingerprint density at radius 2 is 2.06 bits per heavy atom. The zero-order valence-corrected chi connectivity index (χ0v) is 11.5. The summed E-state index contributed by atoms with van der Waals surface area (Å²) in [6.45, 7) is 3.22. The minimum absolute atomic E-state index is 0.606. The van der Waals surface area contributed by atoms with Crippen molar-refractivity contribution in [2.45, 2.75) is 38.1 Å². The lowest BCUT2D eigenvalue weighted by molar-refractivity contribution is 0.388. The molecule has 1 fully saturated rings. The van der Waals surface area contributed by atoms with Crippen LogP contribution in [0.5, 0.6) is 11.5 Å². The number of ether oxygens (including phenoxy) is 2. The minimum Gasteiger partial charge on any atom is -0.497 e. The van der Waals surface area contributed by atoms with E-state index in [-0.39, 0.29) is 0 Å². The Morgan fingerprint density at radius 1 is 1.22 bits per heavy atom. The van der Waals surface area contributed by atoms with Crippen LogP contribution < -0.4 is 14.8 Å². The van der Waals surface area contributed by atoms with Crippen LogP contribution in [-0.4, -0.2) is 26.8 Å². The van der Waals surface area contributed by atoms with E-state index < -0.39 is 0 Å². The molecule has 1 aliphatic carbocycles. The molecule has 0 spiro atoms. The van der Waals surface area contributed by atoms with Gasteiger partial charge >= 0.3 is 0 Å². The third-order valence-corrected chi connectivity index (χ3v) is 3.81. The molecule has 3 heteroatoms. The van der Waals surface area contributed by atoms with Crippen molar-refractivity contribution in [3.63, 3.8) is 0 Å². The molecular weight excluding hydrogens is 226 g/mol. The number of benzene rings is 1. The van der Waals surface area contributed by atoms with Gasteiger partial charge in [0.15, 0.2) is 0 Å². The van der Waals surface area contributed by atoms with E-state index >= 15 is 0 Å². The maximum absolute atomic E-state index is 5.50.